The number of hydrogen-bond donors (Lipinski definition) is 1. The lowest BCUT2D eigenvalue weighted by Gasteiger charge is -2.41. The fraction of sp³-hybridized carbons (Fsp3) is 0.357. The van der Waals surface area contributed by atoms with Crippen LogP contribution in [0.4, 0.5) is 32.6 Å². The molecule has 160 valence electrons. The van der Waals surface area contributed by atoms with Gasteiger partial charge in [-0.1, -0.05) is 26.4 Å². The van der Waals surface area contributed by atoms with Crippen LogP contribution in [-0.4, -0.2) is 25.0 Å². The minimum absolute atomic E-state index is 0.0350. The summed E-state index contributed by atoms with van der Waals surface area (Å²) in [6.07, 6.45) is -8.03. The number of rotatable bonds is 5. The highest BCUT2D eigenvalue weighted by molar-refractivity contribution is 8.45. The van der Waals surface area contributed by atoms with E-state index in [0.717, 1.165) is 0 Å². The summed E-state index contributed by atoms with van der Waals surface area (Å²) < 4.78 is 115. The van der Waals surface area contributed by atoms with Crippen molar-refractivity contribution in [1.82, 2.24) is 0 Å². The van der Waals surface area contributed by atoms with E-state index in [9.17, 15) is 37.4 Å². The molecule has 5 nitrogen and oxygen atoms in total. The molecule has 2 rings (SSSR count). The average molecular weight is 443 g/mol. The molecule has 2 N–H and O–H groups in total. The number of carbonyl (C=O) groups excluding carboxylic acids is 1. The first-order valence-electron chi connectivity index (χ1n) is 7.32. The van der Waals surface area contributed by atoms with Gasteiger partial charge >= 0.3 is 22.4 Å². The van der Waals surface area contributed by atoms with Gasteiger partial charge in [0.05, 0.1) is 5.57 Å². The van der Waals surface area contributed by atoms with E-state index < -0.39 is 62.6 Å². The van der Waals surface area contributed by atoms with Crippen molar-refractivity contribution in [1.29, 1.82) is 0 Å². The summed E-state index contributed by atoms with van der Waals surface area (Å²) in [5.74, 6) is 2.23. The first-order valence-corrected chi connectivity index (χ1v) is 9.28. The lowest BCUT2D eigenvalue weighted by Crippen LogP contribution is -2.41. The SMILES string of the molecule is CCc1cc(S(F)(F)(F)(F)F)cc2c1OC(C(F)(F)F)C(C(=O)OCON)=C2. The summed E-state index contributed by atoms with van der Waals surface area (Å²) in [4.78, 5) is 13.4. The molecule has 0 spiro atoms. The molecule has 0 radical (unpaired) electrons. The number of nitrogens with two attached hydrogens (primary N) is 1. The van der Waals surface area contributed by atoms with Crippen LogP contribution in [0.2, 0.25) is 0 Å². The summed E-state index contributed by atoms with van der Waals surface area (Å²) in [5.41, 5.74) is -2.56. The molecule has 0 aliphatic carbocycles. The highest BCUT2D eigenvalue weighted by atomic mass is 32.5. The number of hydrogen-bond acceptors (Lipinski definition) is 5. The van der Waals surface area contributed by atoms with Crippen LogP contribution in [0.1, 0.15) is 18.1 Å². The molecule has 28 heavy (non-hydrogen) atoms. The minimum Gasteiger partial charge on any atom is -0.475 e. The van der Waals surface area contributed by atoms with E-state index in [1.165, 1.54) is 6.92 Å². The molecule has 0 aromatic heterocycles. The predicted molar refractivity (Wildman–Crippen MR) is 81.9 cm³/mol. The second kappa shape index (κ2) is 6.22. The summed E-state index contributed by atoms with van der Waals surface area (Å²) in [7, 11) is -10.1. The zero-order valence-electron chi connectivity index (χ0n) is 13.9. The number of aryl methyl sites for hydroxylation is 1. The van der Waals surface area contributed by atoms with Crippen molar-refractivity contribution >= 4 is 22.3 Å². The van der Waals surface area contributed by atoms with Gasteiger partial charge in [0.15, 0.2) is 0 Å². The van der Waals surface area contributed by atoms with Gasteiger partial charge in [0.1, 0.15) is 10.6 Å². The van der Waals surface area contributed by atoms with Crippen LogP contribution in [0.25, 0.3) is 6.08 Å². The predicted octanol–water partition coefficient (Wildman–Crippen LogP) is 5.00. The Kier molecular flexibility index (Phi) is 4.94. The molecule has 0 saturated carbocycles. The molecule has 1 aliphatic rings. The second-order valence-electron chi connectivity index (χ2n) is 5.68. The lowest BCUT2D eigenvalue weighted by atomic mass is 9.98. The van der Waals surface area contributed by atoms with E-state index in [1.807, 2.05) is 0 Å². The Bertz CT molecular complexity index is 835. The average Bonchev–Trinajstić information content (AvgIpc) is 2.54. The van der Waals surface area contributed by atoms with Gasteiger partial charge in [0.25, 0.3) is 0 Å². The van der Waals surface area contributed by atoms with Crippen molar-refractivity contribution in [3.8, 4) is 5.75 Å². The topological polar surface area (TPSA) is 70.8 Å². The maximum atomic E-state index is 13.3. The third-order valence-corrected chi connectivity index (χ3v) is 4.74. The molecule has 0 saturated heterocycles. The highest BCUT2D eigenvalue weighted by Crippen LogP contribution is 3.02. The van der Waals surface area contributed by atoms with Crippen LogP contribution in [0.5, 0.6) is 5.75 Å². The molecule has 0 bridgehead atoms. The van der Waals surface area contributed by atoms with Crippen LogP contribution in [0.3, 0.4) is 0 Å². The van der Waals surface area contributed by atoms with Gasteiger partial charge in [-0.05, 0) is 30.2 Å². The molecular weight excluding hydrogens is 430 g/mol. The van der Waals surface area contributed by atoms with E-state index in [4.69, 9.17) is 4.74 Å². The Morgan fingerprint density at radius 2 is 1.82 bits per heavy atom. The highest BCUT2D eigenvalue weighted by Gasteiger charge is 2.65. The summed E-state index contributed by atoms with van der Waals surface area (Å²) in [5, 5.41) is 0. The molecule has 1 aromatic carbocycles. The van der Waals surface area contributed by atoms with Crippen LogP contribution >= 0.6 is 10.2 Å². The van der Waals surface area contributed by atoms with Crippen LogP contribution in [-0.2, 0) is 20.8 Å². The van der Waals surface area contributed by atoms with E-state index >= 15 is 0 Å². The smallest absolute Gasteiger partial charge is 0.430 e. The normalized spacial score (nSPS) is 19.6. The fourth-order valence-corrected chi connectivity index (χ4v) is 3.14. The number of fused-ring (bicyclic) bond motifs is 1. The van der Waals surface area contributed by atoms with Crippen LogP contribution in [0.15, 0.2) is 22.6 Å². The molecule has 14 heteroatoms. The third-order valence-electron chi connectivity index (χ3n) is 3.61. The van der Waals surface area contributed by atoms with Gasteiger partial charge in [-0.3, -0.25) is 4.84 Å². The van der Waals surface area contributed by atoms with Gasteiger partial charge < -0.3 is 9.47 Å². The Hall–Kier alpha value is -2.06. The van der Waals surface area contributed by atoms with Gasteiger partial charge in [0.2, 0.25) is 12.9 Å². The van der Waals surface area contributed by atoms with Crippen molar-refractivity contribution in [2.24, 2.45) is 5.90 Å². The first-order chi connectivity index (χ1) is 12.5. The van der Waals surface area contributed by atoms with Crippen molar-refractivity contribution < 1.29 is 51.7 Å². The molecular formula is C14H13F8NO4S. The van der Waals surface area contributed by atoms with E-state index in [-0.39, 0.29) is 18.6 Å². The van der Waals surface area contributed by atoms with Gasteiger partial charge in [-0.15, -0.1) is 0 Å². The summed E-state index contributed by atoms with van der Waals surface area (Å²) in [6, 6.07) is -0.0391. The van der Waals surface area contributed by atoms with Crippen molar-refractivity contribution in [3.05, 3.63) is 28.8 Å². The van der Waals surface area contributed by atoms with Crippen molar-refractivity contribution in [2.75, 3.05) is 6.79 Å². The summed E-state index contributed by atoms with van der Waals surface area (Å²) in [6.45, 7) is 0.280. The number of halogens is 8. The number of carbonyl (C=O) groups is 1. The van der Waals surface area contributed by atoms with Gasteiger partial charge in [-0.2, -0.15) is 13.2 Å². The Balaban J connectivity index is 2.71. The molecule has 0 amide bonds. The van der Waals surface area contributed by atoms with E-state index in [2.05, 4.69) is 15.5 Å². The number of ether oxygens (including phenoxy) is 2. The number of benzene rings is 1. The Morgan fingerprint density at radius 3 is 2.29 bits per heavy atom. The molecule has 1 aromatic rings. The monoisotopic (exact) mass is 443 g/mol. The fourth-order valence-electron chi connectivity index (χ4n) is 2.42. The quantitative estimate of drug-likeness (QED) is 0.300. The summed E-state index contributed by atoms with van der Waals surface area (Å²) >= 11 is 0. The Morgan fingerprint density at radius 1 is 1.21 bits per heavy atom. The maximum Gasteiger partial charge on any atom is 0.430 e. The van der Waals surface area contributed by atoms with E-state index in [0.29, 0.717) is 6.08 Å². The van der Waals surface area contributed by atoms with Crippen LogP contribution in [0, 0.1) is 0 Å². The largest absolute Gasteiger partial charge is 0.475 e. The standard InChI is InChI=1S/C14H13F8NO4S/c1-2-7-3-9(28(18,19,20,21)22)4-8-5-10(13(24)25-6-26-23)12(14(15,16)17)27-11(7)8/h3-5,12H,2,6,23H2,1H3. The first kappa shape index (κ1) is 22.2. The zero-order valence-corrected chi connectivity index (χ0v) is 14.7. The molecule has 1 unspecified atom stereocenters. The lowest BCUT2D eigenvalue weighted by molar-refractivity contribution is -0.190. The number of alkyl halides is 3. The maximum absolute atomic E-state index is 13.3. The second-order valence-corrected chi connectivity index (χ2v) is 8.09. The minimum atomic E-state index is -10.1. The molecule has 1 heterocycles. The Labute approximate surface area is 152 Å². The van der Waals surface area contributed by atoms with E-state index in [1.54, 1.807) is 0 Å². The zero-order chi connectivity index (χ0) is 21.6. The molecule has 0 fully saturated rings. The third kappa shape index (κ3) is 4.67. The van der Waals surface area contributed by atoms with Gasteiger partial charge in [0, 0.05) is 5.56 Å². The van der Waals surface area contributed by atoms with Gasteiger partial charge in [-0.25, -0.2) is 10.7 Å². The number of esters is 1. The molecule has 1 atom stereocenters. The van der Waals surface area contributed by atoms with Crippen LogP contribution < -0.4 is 10.6 Å². The van der Waals surface area contributed by atoms with Crippen molar-refractivity contribution in [3.63, 3.8) is 0 Å². The van der Waals surface area contributed by atoms with Crippen molar-refractivity contribution in [2.45, 2.75) is 30.5 Å². The molecule has 1 aliphatic heterocycles.